The molecule has 1 aromatic carbocycles. The van der Waals surface area contributed by atoms with Gasteiger partial charge in [0, 0.05) is 45.1 Å². The van der Waals surface area contributed by atoms with Crippen LogP contribution in [-0.4, -0.2) is 63.4 Å². The number of nitrogens with zero attached hydrogens (tertiary/aromatic N) is 5. The van der Waals surface area contributed by atoms with Gasteiger partial charge in [-0.3, -0.25) is 0 Å². The van der Waals surface area contributed by atoms with Crippen molar-refractivity contribution in [3.05, 3.63) is 70.5 Å². The van der Waals surface area contributed by atoms with E-state index in [0.29, 0.717) is 18.4 Å². The summed E-state index contributed by atoms with van der Waals surface area (Å²) in [5.74, 6) is 1.70. The highest BCUT2D eigenvalue weighted by Gasteiger charge is 2.21. The molecule has 9 heteroatoms. The van der Waals surface area contributed by atoms with Gasteiger partial charge in [0.05, 0.1) is 17.5 Å². The summed E-state index contributed by atoms with van der Waals surface area (Å²) in [6.07, 6.45) is 4.73. The fourth-order valence-corrected chi connectivity index (χ4v) is 6.10. The molecule has 1 aliphatic heterocycles. The van der Waals surface area contributed by atoms with Gasteiger partial charge in [0.25, 0.3) is 0 Å². The molecule has 4 heterocycles. The number of hydrogen-bond acceptors (Lipinski definition) is 9. The van der Waals surface area contributed by atoms with Gasteiger partial charge in [0.15, 0.2) is 0 Å². The lowest BCUT2D eigenvalue weighted by Crippen LogP contribution is -2.43. The van der Waals surface area contributed by atoms with Crippen LogP contribution >= 0.6 is 11.3 Å². The molecule has 1 saturated heterocycles. The fraction of sp³-hybridized carbons (Fsp3) is 0.429. The van der Waals surface area contributed by atoms with Crippen molar-refractivity contribution in [2.75, 3.05) is 36.4 Å². The third-order valence-electron chi connectivity index (χ3n) is 7.15. The minimum Gasteiger partial charge on any atom is -0.393 e. The predicted molar refractivity (Wildman–Crippen MR) is 148 cm³/mol. The van der Waals surface area contributed by atoms with Crippen LogP contribution in [0.1, 0.15) is 47.6 Å². The summed E-state index contributed by atoms with van der Waals surface area (Å²) in [5.41, 5.74) is 4.12. The smallest absolute Gasteiger partial charge is 0.223 e. The average molecular weight is 516 g/mol. The largest absolute Gasteiger partial charge is 0.393 e. The Morgan fingerprint density at radius 2 is 1.65 bits per heavy atom. The van der Waals surface area contributed by atoms with Crippen molar-refractivity contribution in [2.45, 2.75) is 50.7 Å². The van der Waals surface area contributed by atoms with E-state index >= 15 is 0 Å². The second-order valence-corrected chi connectivity index (χ2v) is 11.1. The van der Waals surface area contributed by atoms with Gasteiger partial charge in [-0.1, -0.05) is 41.7 Å². The molecule has 6 rings (SSSR count). The number of rotatable bonds is 7. The van der Waals surface area contributed by atoms with Gasteiger partial charge in [0.2, 0.25) is 5.95 Å². The van der Waals surface area contributed by atoms with Gasteiger partial charge < -0.3 is 20.6 Å². The molecule has 0 radical (unpaired) electrons. The molecule has 1 saturated carbocycles. The summed E-state index contributed by atoms with van der Waals surface area (Å²) < 4.78 is 0. The van der Waals surface area contributed by atoms with Crippen LogP contribution in [-0.2, 0) is 12.8 Å². The minimum atomic E-state index is -0.182. The Bertz CT molecular complexity index is 1330. The van der Waals surface area contributed by atoms with Crippen molar-refractivity contribution >= 4 is 33.5 Å². The zero-order valence-electron chi connectivity index (χ0n) is 20.9. The number of aliphatic hydroxyl groups excluding tert-OH is 1. The van der Waals surface area contributed by atoms with Crippen molar-refractivity contribution in [3.8, 4) is 0 Å². The van der Waals surface area contributed by atoms with Crippen LogP contribution in [0, 0.1) is 0 Å². The van der Waals surface area contributed by atoms with E-state index in [1.165, 1.54) is 5.56 Å². The Labute approximate surface area is 221 Å². The fourth-order valence-electron chi connectivity index (χ4n) is 5.16. The summed E-state index contributed by atoms with van der Waals surface area (Å²) >= 11 is 1.65. The number of fused-ring (bicyclic) bond motifs is 1. The molecule has 4 aromatic rings. The highest BCUT2D eigenvalue weighted by Crippen LogP contribution is 2.26. The number of pyridine rings is 1. The number of hydrogen-bond donors (Lipinski definition) is 3. The number of aromatic nitrogens is 4. The monoisotopic (exact) mass is 515 g/mol. The van der Waals surface area contributed by atoms with Gasteiger partial charge in [-0.15, -0.1) is 0 Å². The molecule has 0 atom stereocenters. The summed E-state index contributed by atoms with van der Waals surface area (Å²) in [5, 5.41) is 17.8. The highest BCUT2D eigenvalue weighted by atomic mass is 32.1. The van der Waals surface area contributed by atoms with E-state index in [1.807, 2.05) is 6.07 Å². The molecule has 37 heavy (non-hydrogen) atoms. The molecule has 3 N–H and O–H groups in total. The summed E-state index contributed by atoms with van der Waals surface area (Å²) in [4.78, 5) is 22.9. The first-order chi connectivity index (χ1) is 18.2. The van der Waals surface area contributed by atoms with Crippen LogP contribution < -0.4 is 15.5 Å². The summed E-state index contributed by atoms with van der Waals surface area (Å²) in [6, 6.07) is 17.0. The number of aliphatic hydroxyl groups is 1. The van der Waals surface area contributed by atoms with Crippen molar-refractivity contribution in [2.24, 2.45) is 0 Å². The Morgan fingerprint density at radius 1 is 0.892 bits per heavy atom. The first-order valence-electron chi connectivity index (χ1n) is 13.3. The zero-order valence-corrected chi connectivity index (χ0v) is 21.8. The standard InChI is InChI=1S/C28H33N7OS/c36-23-8-6-20(7-9-23)30-28-31-21(16-19-4-2-1-3-5-19)17-22(32-28)18-26-33-24-10-11-25(34-27(24)37-26)35-14-12-29-13-15-35/h1-5,10-11,17,20,23,29,36H,6-9,12-16,18H2,(H,30,31,32). The number of anilines is 2. The Morgan fingerprint density at radius 3 is 2.43 bits per heavy atom. The lowest BCUT2D eigenvalue weighted by atomic mass is 9.93. The zero-order chi connectivity index (χ0) is 25.0. The summed E-state index contributed by atoms with van der Waals surface area (Å²) in [7, 11) is 0. The normalized spacial score (nSPS) is 20.3. The molecule has 0 unspecified atom stereocenters. The van der Waals surface area contributed by atoms with E-state index < -0.39 is 0 Å². The third kappa shape index (κ3) is 6.06. The van der Waals surface area contributed by atoms with Crippen LogP contribution in [0.4, 0.5) is 11.8 Å². The van der Waals surface area contributed by atoms with Crippen molar-refractivity contribution in [1.82, 2.24) is 25.3 Å². The number of benzene rings is 1. The van der Waals surface area contributed by atoms with Crippen molar-refractivity contribution in [1.29, 1.82) is 0 Å². The summed E-state index contributed by atoms with van der Waals surface area (Å²) in [6.45, 7) is 3.94. The van der Waals surface area contributed by atoms with Crippen molar-refractivity contribution < 1.29 is 5.11 Å². The minimum absolute atomic E-state index is 0.182. The van der Waals surface area contributed by atoms with Gasteiger partial charge in [-0.25, -0.2) is 19.9 Å². The Hall–Kier alpha value is -3.14. The van der Waals surface area contributed by atoms with Gasteiger partial charge in [-0.05, 0) is 49.4 Å². The molecular formula is C28H33N7OS. The van der Waals surface area contributed by atoms with Gasteiger partial charge in [-0.2, -0.15) is 0 Å². The molecule has 0 amide bonds. The number of nitrogens with one attached hydrogen (secondary N) is 2. The SMILES string of the molecule is OC1CCC(Nc2nc(Cc3ccccc3)cc(Cc3nc4ccc(N5CCNCC5)nc4s3)n2)CC1. The molecule has 3 aromatic heterocycles. The maximum Gasteiger partial charge on any atom is 0.223 e. The van der Waals surface area contributed by atoms with Crippen LogP contribution in [0.3, 0.4) is 0 Å². The van der Waals surface area contributed by atoms with Gasteiger partial charge >= 0.3 is 0 Å². The molecule has 0 spiro atoms. The third-order valence-corrected chi connectivity index (χ3v) is 8.11. The molecular weight excluding hydrogens is 482 g/mol. The second kappa shape index (κ2) is 11.1. The first kappa shape index (κ1) is 24.2. The highest BCUT2D eigenvalue weighted by molar-refractivity contribution is 7.18. The topological polar surface area (TPSA) is 99.1 Å². The Balaban J connectivity index is 1.24. The number of thiazole rings is 1. The van der Waals surface area contributed by atoms with E-state index in [4.69, 9.17) is 19.9 Å². The van der Waals surface area contributed by atoms with Crippen LogP contribution in [0.25, 0.3) is 10.3 Å². The van der Waals surface area contributed by atoms with Crippen LogP contribution in [0.15, 0.2) is 48.5 Å². The first-order valence-corrected chi connectivity index (χ1v) is 14.1. The number of piperazine rings is 1. The maximum absolute atomic E-state index is 9.89. The van der Waals surface area contributed by atoms with E-state index in [0.717, 1.165) is 90.8 Å². The molecule has 192 valence electrons. The molecule has 1 aliphatic carbocycles. The van der Waals surface area contributed by atoms with Crippen LogP contribution in [0.5, 0.6) is 0 Å². The van der Waals surface area contributed by atoms with Gasteiger partial charge in [0.1, 0.15) is 21.2 Å². The average Bonchev–Trinajstić information content (AvgIpc) is 3.32. The lowest BCUT2D eigenvalue weighted by Gasteiger charge is -2.28. The van der Waals surface area contributed by atoms with Crippen LogP contribution in [0.2, 0.25) is 0 Å². The van der Waals surface area contributed by atoms with E-state index in [1.54, 1.807) is 11.3 Å². The van der Waals surface area contributed by atoms with E-state index in [-0.39, 0.29) is 6.10 Å². The predicted octanol–water partition coefficient (Wildman–Crippen LogP) is 3.79. The molecule has 8 nitrogen and oxygen atoms in total. The van der Waals surface area contributed by atoms with Crippen molar-refractivity contribution in [3.63, 3.8) is 0 Å². The lowest BCUT2D eigenvalue weighted by molar-refractivity contribution is 0.126. The van der Waals surface area contributed by atoms with E-state index in [9.17, 15) is 5.11 Å². The quantitative estimate of drug-likeness (QED) is 0.342. The van der Waals surface area contributed by atoms with E-state index in [2.05, 4.69) is 58.0 Å². The maximum atomic E-state index is 9.89. The molecule has 2 fully saturated rings. The molecule has 2 aliphatic rings. The molecule has 0 bridgehead atoms. The Kier molecular flexibility index (Phi) is 7.25. The second-order valence-electron chi connectivity index (χ2n) is 10.0.